The monoisotopic (exact) mass is 410 g/mol. The molecule has 0 bridgehead atoms. The molecule has 1 heterocycles. The van der Waals surface area contributed by atoms with Gasteiger partial charge >= 0.3 is 0 Å². The molecule has 1 N–H and O–H groups in total. The van der Waals surface area contributed by atoms with Crippen LogP contribution in [0, 0.1) is 0 Å². The molecule has 1 aliphatic heterocycles. The number of carbonyl (C=O) groups is 1. The van der Waals surface area contributed by atoms with E-state index in [4.69, 9.17) is 21.1 Å². The molecule has 1 amide bonds. The van der Waals surface area contributed by atoms with Crippen LogP contribution < -0.4 is 14.8 Å². The minimum Gasteiger partial charge on any atom is -0.454 e. The third kappa shape index (κ3) is 5.12. The Balaban J connectivity index is 1.62. The van der Waals surface area contributed by atoms with E-state index in [0.717, 1.165) is 16.1 Å². The molecule has 0 atom stereocenters. The Morgan fingerprint density at radius 1 is 1.19 bits per heavy atom. The van der Waals surface area contributed by atoms with E-state index in [9.17, 15) is 13.2 Å². The lowest BCUT2D eigenvalue weighted by molar-refractivity contribution is -0.121. The number of nitrogens with one attached hydrogen (secondary N) is 1. The zero-order valence-corrected chi connectivity index (χ0v) is 16.2. The number of hydrogen-bond donors (Lipinski definition) is 1. The van der Waals surface area contributed by atoms with Crippen LogP contribution in [0.5, 0.6) is 11.5 Å². The van der Waals surface area contributed by atoms with Crippen molar-refractivity contribution in [2.24, 2.45) is 0 Å². The first-order chi connectivity index (χ1) is 12.8. The average Bonchev–Trinajstić information content (AvgIpc) is 3.08. The molecule has 2 aromatic rings. The molecule has 3 rings (SSSR count). The van der Waals surface area contributed by atoms with Gasteiger partial charge in [0.25, 0.3) is 0 Å². The van der Waals surface area contributed by atoms with Gasteiger partial charge in [-0.25, -0.2) is 8.42 Å². The Labute approximate surface area is 162 Å². The summed E-state index contributed by atoms with van der Waals surface area (Å²) in [6, 6.07) is 12.3. The topological polar surface area (TPSA) is 84.9 Å². The normalized spacial score (nSPS) is 13.0. The van der Waals surface area contributed by atoms with Crippen LogP contribution in [0.2, 0.25) is 5.02 Å². The van der Waals surface area contributed by atoms with Gasteiger partial charge in [0.1, 0.15) is 0 Å². The largest absolute Gasteiger partial charge is 0.454 e. The average molecular weight is 411 g/mol. The van der Waals surface area contributed by atoms with E-state index < -0.39 is 15.9 Å². The van der Waals surface area contributed by atoms with E-state index in [1.54, 1.807) is 36.4 Å². The van der Waals surface area contributed by atoms with Crippen molar-refractivity contribution >= 4 is 27.5 Å². The third-order valence-electron chi connectivity index (χ3n) is 4.02. The van der Waals surface area contributed by atoms with Crippen LogP contribution in [0.15, 0.2) is 42.5 Å². The number of ether oxygens (including phenoxy) is 2. The highest BCUT2D eigenvalue weighted by atomic mass is 35.5. The number of hydrogen-bond acceptors (Lipinski definition) is 5. The van der Waals surface area contributed by atoms with Crippen LogP contribution in [0.1, 0.15) is 11.1 Å². The quantitative estimate of drug-likeness (QED) is 0.756. The van der Waals surface area contributed by atoms with Gasteiger partial charge in [-0.05, 0) is 29.3 Å². The first-order valence-corrected chi connectivity index (χ1v) is 10.4. The van der Waals surface area contributed by atoms with Crippen LogP contribution in [-0.2, 0) is 27.9 Å². The van der Waals surface area contributed by atoms with Crippen molar-refractivity contribution < 1.29 is 22.7 Å². The molecule has 27 heavy (non-hydrogen) atoms. The Bertz CT molecular complexity index is 949. The molecule has 1 aliphatic rings. The fraction of sp³-hybridized carbons (Fsp3) is 0.278. The molecule has 0 fully saturated rings. The summed E-state index contributed by atoms with van der Waals surface area (Å²) in [7, 11) is -3.59. The number of sulfonamides is 1. The van der Waals surface area contributed by atoms with Crippen molar-refractivity contribution in [2.75, 3.05) is 19.6 Å². The summed E-state index contributed by atoms with van der Waals surface area (Å²) >= 11 is 6.10. The maximum Gasteiger partial charge on any atom is 0.235 e. The van der Waals surface area contributed by atoms with Gasteiger partial charge in [-0.3, -0.25) is 4.79 Å². The van der Waals surface area contributed by atoms with E-state index in [1.165, 1.54) is 0 Å². The third-order valence-corrected chi connectivity index (χ3v) is 5.59. The number of benzene rings is 2. The number of carbonyl (C=O) groups excluding carboxylic acids is 1. The molecule has 0 saturated heterocycles. The first kappa shape index (κ1) is 19.5. The van der Waals surface area contributed by atoms with Gasteiger partial charge in [0, 0.05) is 18.1 Å². The Hall–Kier alpha value is -2.29. The molecule has 2 aromatic carbocycles. The number of halogens is 1. The molecule has 0 aromatic heterocycles. The highest BCUT2D eigenvalue weighted by Gasteiger charge is 2.21. The van der Waals surface area contributed by atoms with Crippen LogP contribution >= 0.6 is 11.6 Å². The van der Waals surface area contributed by atoms with Crippen LogP contribution in [-0.4, -0.2) is 38.2 Å². The van der Waals surface area contributed by atoms with E-state index in [-0.39, 0.29) is 26.4 Å². The van der Waals surface area contributed by atoms with Gasteiger partial charge in [-0.1, -0.05) is 35.9 Å². The van der Waals surface area contributed by atoms with Crippen molar-refractivity contribution in [3.8, 4) is 11.5 Å². The zero-order chi connectivity index (χ0) is 19.4. The predicted octanol–water partition coefficient (Wildman–Crippen LogP) is 2.15. The van der Waals surface area contributed by atoms with Gasteiger partial charge in [0.15, 0.2) is 11.5 Å². The molecule has 0 aliphatic carbocycles. The lowest BCUT2D eigenvalue weighted by Crippen LogP contribution is -2.39. The van der Waals surface area contributed by atoms with Gasteiger partial charge < -0.3 is 14.8 Å². The van der Waals surface area contributed by atoms with Crippen molar-refractivity contribution in [1.29, 1.82) is 0 Å². The summed E-state index contributed by atoms with van der Waals surface area (Å²) in [5.41, 5.74) is 1.46. The summed E-state index contributed by atoms with van der Waals surface area (Å²) in [5.74, 6) is 0.872. The summed E-state index contributed by atoms with van der Waals surface area (Å²) in [6.45, 7) is 0.153. The number of fused-ring (bicyclic) bond motifs is 1. The number of rotatable bonds is 7. The molecule has 9 heteroatoms. The lowest BCUT2D eigenvalue weighted by Gasteiger charge is -2.20. The standard InChI is InChI=1S/C18H19ClN2O5S/c1-27(23,24)21(10-14-4-2-3-5-15(14)19)11-18(22)20-9-13-6-7-16-17(8-13)26-12-25-16/h2-8H,9-12H2,1H3,(H,20,22). The van der Waals surface area contributed by atoms with Gasteiger partial charge in [0.2, 0.25) is 22.7 Å². The van der Waals surface area contributed by atoms with Gasteiger partial charge in [-0.15, -0.1) is 0 Å². The molecule has 0 saturated carbocycles. The SMILES string of the molecule is CS(=O)(=O)N(CC(=O)NCc1ccc2c(c1)OCO2)Cc1ccccc1Cl. The maximum absolute atomic E-state index is 12.3. The number of amides is 1. The van der Waals surface area contributed by atoms with Crippen molar-refractivity contribution in [2.45, 2.75) is 13.1 Å². The maximum atomic E-state index is 12.3. The van der Waals surface area contributed by atoms with E-state index in [2.05, 4.69) is 5.32 Å². The minimum atomic E-state index is -3.59. The Morgan fingerprint density at radius 3 is 2.67 bits per heavy atom. The van der Waals surface area contributed by atoms with Crippen molar-refractivity contribution in [3.63, 3.8) is 0 Å². The minimum absolute atomic E-state index is 0.0238. The van der Waals surface area contributed by atoms with E-state index >= 15 is 0 Å². The highest BCUT2D eigenvalue weighted by molar-refractivity contribution is 7.88. The molecular weight excluding hydrogens is 392 g/mol. The molecule has 0 radical (unpaired) electrons. The molecule has 7 nitrogen and oxygen atoms in total. The predicted molar refractivity (Wildman–Crippen MR) is 101 cm³/mol. The number of nitrogens with zero attached hydrogens (tertiary/aromatic N) is 1. The fourth-order valence-corrected chi connectivity index (χ4v) is 3.50. The van der Waals surface area contributed by atoms with Crippen LogP contribution in [0.3, 0.4) is 0 Å². The summed E-state index contributed by atoms with van der Waals surface area (Å²) in [4.78, 5) is 12.3. The zero-order valence-electron chi connectivity index (χ0n) is 14.6. The second kappa shape index (κ2) is 8.16. The summed E-state index contributed by atoms with van der Waals surface area (Å²) in [6.07, 6.45) is 1.06. The second-order valence-corrected chi connectivity index (χ2v) is 8.48. The summed E-state index contributed by atoms with van der Waals surface area (Å²) < 4.78 is 35.7. The fourth-order valence-electron chi connectivity index (χ4n) is 2.57. The second-order valence-electron chi connectivity index (χ2n) is 6.09. The molecule has 0 unspecified atom stereocenters. The molecule has 144 valence electrons. The van der Waals surface area contributed by atoms with Crippen LogP contribution in [0.4, 0.5) is 0 Å². The summed E-state index contributed by atoms with van der Waals surface area (Å²) in [5, 5.41) is 3.17. The van der Waals surface area contributed by atoms with Gasteiger partial charge in [-0.2, -0.15) is 4.31 Å². The van der Waals surface area contributed by atoms with Crippen LogP contribution in [0.25, 0.3) is 0 Å². The van der Waals surface area contributed by atoms with Gasteiger partial charge in [0.05, 0.1) is 12.8 Å². The Morgan fingerprint density at radius 2 is 1.93 bits per heavy atom. The molecular formula is C18H19ClN2O5S. The first-order valence-electron chi connectivity index (χ1n) is 8.16. The Kier molecular flexibility index (Phi) is 5.88. The molecule has 0 spiro atoms. The van der Waals surface area contributed by atoms with E-state index in [1.807, 2.05) is 6.07 Å². The van der Waals surface area contributed by atoms with Crippen molar-refractivity contribution in [1.82, 2.24) is 9.62 Å². The smallest absolute Gasteiger partial charge is 0.235 e. The highest BCUT2D eigenvalue weighted by Crippen LogP contribution is 2.32. The van der Waals surface area contributed by atoms with E-state index in [0.29, 0.717) is 22.1 Å². The van der Waals surface area contributed by atoms with Crippen molar-refractivity contribution in [3.05, 3.63) is 58.6 Å². The lowest BCUT2D eigenvalue weighted by atomic mass is 10.2.